The lowest BCUT2D eigenvalue weighted by molar-refractivity contribution is -0.122. The fourth-order valence-electron chi connectivity index (χ4n) is 3.74. The Labute approximate surface area is 181 Å². The molecule has 0 spiro atoms. The van der Waals surface area contributed by atoms with E-state index in [0.717, 1.165) is 10.5 Å². The number of amides is 2. The number of imide groups is 1. The van der Waals surface area contributed by atoms with E-state index in [9.17, 15) is 18.0 Å². The van der Waals surface area contributed by atoms with Gasteiger partial charge >= 0.3 is 0 Å². The number of benzene rings is 3. The highest BCUT2D eigenvalue weighted by Gasteiger charge is 2.46. The van der Waals surface area contributed by atoms with Crippen molar-refractivity contribution in [3.8, 4) is 0 Å². The van der Waals surface area contributed by atoms with Crippen molar-refractivity contribution in [1.29, 1.82) is 0 Å². The molecule has 0 saturated carbocycles. The van der Waals surface area contributed by atoms with Crippen LogP contribution in [0.15, 0.2) is 95.9 Å². The predicted octanol–water partition coefficient (Wildman–Crippen LogP) is 3.25. The van der Waals surface area contributed by atoms with Gasteiger partial charge in [-0.05, 0) is 36.2 Å². The largest absolute Gasteiger partial charge is 0.274 e. The molecule has 0 aliphatic carbocycles. The molecule has 1 saturated heterocycles. The SMILES string of the molecule is O=C1CC(N(CCc2ccccc2)S(=O)(=O)c2ccccc2)C(=O)N1c1ccccc1. The van der Waals surface area contributed by atoms with Gasteiger partial charge < -0.3 is 0 Å². The number of carbonyl (C=O) groups is 2. The molecule has 0 N–H and O–H groups in total. The van der Waals surface area contributed by atoms with Gasteiger partial charge in [0.1, 0.15) is 6.04 Å². The maximum Gasteiger partial charge on any atom is 0.252 e. The van der Waals surface area contributed by atoms with E-state index in [0.29, 0.717) is 12.1 Å². The van der Waals surface area contributed by atoms with E-state index in [1.165, 1.54) is 16.4 Å². The van der Waals surface area contributed by atoms with E-state index in [-0.39, 0.29) is 17.9 Å². The summed E-state index contributed by atoms with van der Waals surface area (Å²) in [6.07, 6.45) is 0.241. The molecule has 3 aromatic rings. The standard InChI is InChI=1S/C24H22N2O4S/c27-23-18-22(24(28)26(23)20-12-6-2-7-13-20)25(17-16-19-10-4-1-5-11-19)31(29,30)21-14-8-3-9-15-21/h1-15,22H,16-18H2. The molecule has 1 fully saturated rings. The molecule has 158 valence electrons. The van der Waals surface area contributed by atoms with Crippen molar-refractivity contribution < 1.29 is 18.0 Å². The van der Waals surface area contributed by atoms with Crippen LogP contribution >= 0.6 is 0 Å². The topological polar surface area (TPSA) is 74.8 Å². The van der Waals surface area contributed by atoms with Gasteiger partial charge in [0.05, 0.1) is 17.0 Å². The van der Waals surface area contributed by atoms with Gasteiger partial charge in [0, 0.05) is 6.54 Å². The Morgan fingerprint density at radius 2 is 1.35 bits per heavy atom. The zero-order chi connectivity index (χ0) is 21.8. The molecular formula is C24H22N2O4S. The normalized spacial score (nSPS) is 16.8. The summed E-state index contributed by atoms with van der Waals surface area (Å²) in [6, 6.07) is 25.0. The van der Waals surface area contributed by atoms with Crippen LogP contribution in [0.5, 0.6) is 0 Å². The number of hydrogen-bond acceptors (Lipinski definition) is 4. The number of nitrogens with zero attached hydrogens (tertiary/aromatic N) is 2. The van der Waals surface area contributed by atoms with E-state index in [4.69, 9.17) is 0 Å². The first-order valence-electron chi connectivity index (χ1n) is 10.0. The number of sulfonamides is 1. The first kappa shape index (κ1) is 21.0. The van der Waals surface area contributed by atoms with Gasteiger partial charge in [0.15, 0.2) is 0 Å². The summed E-state index contributed by atoms with van der Waals surface area (Å²) in [6.45, 7) is 0.0908. The minimum absolute atomic E-state index is 0.0908. The Kier molecular flexibility index (Phi) is 5.97. The third kappa shape index (κ3) is 4.28. The van der Waals surface area contributed by atoms with Crippen molar-refractivity contribution in [2.24, 2.45) is 0 Å². The van der Waals surface area contributed by atoms with Crippen molar-refractivity contribution in [2.75, 3.05) is 11.4 Å². The minimum atomic E-state index is -3.98. The molecule has 1 aliphatic heterocycles. The van der Waals surface area contributed by atoms with Crippen molar-refractivity contribution in [1.82, 2.24) is 4.31 Å². The van der Waals surface area contributed by atoms with Gasteiger partial charge in [-0.3, -0.25) is 9.59 Å². The average Bonchev–Trinajstić information content (AvgIpc) is 3.09. The summed E-state index contributed by atoms with van der Waals surface area (Å²) in [7, 11) is -3.98. The van der Waals surface area contributed by atoms with Crippen molar-refractivity contribution in [2.45, 2.75) is 23.8 Å². The van der Waals surface area contributed by atoms with Crippen LogP contribution in [0.4, 0.5) is 5.69 Å². The molecule has 3 aromatic carbocycles. The Bertz CT molecular complexity index is 1170. The van der Waals surface area contributed by atoms with E-state index in [1.54, 1.807) is 48.5 Å². The molecular weight excluding hydrogens is 412 g/mol. The van der Waals surface area contributed by atoms with Crippen molar-refractivity contribution in [3.63, 3.8) is 0 Å². The second-order valence-electron chi connectivity index (χ2n) is 7.29. The molecule has 0 aromatic heterocycles. The molecule has 1 atom stereocenters. The molecule has 1 unspecified atom stereocenters. The Morgan fingerprint density at radius 1 is 0.806 bits per heavy atom. The van der Waals surface area contributed by atoms with Gasteiger partial charge in [-0.2, -0.15) is 4.31 Å². The number of carbonyl (C=O) groups excluding carboxylic acids is 2. The second kappa shape index (κ2) is 8.83. The van der Waals surface area contributed by atoms with Crippen LogP contribution in [0, 0.1) is 0 Å². The first-order chi connectivity index (χ1) is 15.0. The van der Waals surface area contributed by atoms with E-state index in [1.807, 2.05) is 30.3 Å². The fraction of sp³-hybridized carbons (Fsp3) is 0.167. The monoisotopic (exact) mass is 434 g/mol. The molecule has 2 amide bonds. The van der Waals surface area contributed by atoms with Gasteiger partial charge in [0.2, 0.25) is 15.9 Å². The summed E-state index contributed by atoms with van der Waals surface area (Å²) in [5, 5.41) is 0. The lowest BCUT2D eigenvalue weighted by Gasteiger charge is -2.27. The smallest absolute Gasteiger partial charge is 0.252 e. The van der Waals surface area contributed by atoms with Crippen molar-refractivity contribution in [3.05, 3.63) is 96.6 Å². The van der Waals surface area contributed by atoms with Crippen LogP contribution in [0.3, 0.4) is 0 Å². The minimum Gasteiger partial charge on any atom is -0.274 e. The zero-order valence-electron chi connectivity index (χ0n) is 16.8. The molecule has 7 heteroatoms. The van der Waals surface area contributed by atoms with E-state index >= 15 is 0 Å². The van der Waals surface area contributed by atoms with Gasteiger partial charge in [-0.1, -0.05) is 66.7 Å². The third-order valence-electron chi connectivity index (χ3n) is 5.30. The summed E-state index contributed by atoms with van der Waals surface area (Å²) >= 11 is 0. The zero-order valence-corrected chi connectivity index (χ0v) is 17.6. The average molecular weight is 435 g/mol. The predicted molar refractivity (Wildman–Crippen MR) is 118 cm³/mol. The van der Waals surface area contributed by atoms with Crippen LogP contribution in [0.2, 0.25) is 0 Å². The lowest BCUT2D eigenvalue weighted by Crippen LogP contribution is -2.46. The molecule has 4 rings (SSSR count). The van der Waals surface area contributed by atoms with Crippen LogP contribution in [0.1, 0.15) is 12.0 Å². The maximum absolute atomic E-state index is 13.5. The summed E-state index contributed by atoms with van der Waals surface area (Å²) < 4.78 is 28.1. The number of rotatable bonds is 7. The maximum atomic E-state index is 13.5. The molecule has 6 nitrogen and oxygen atoms in total. The van der Waals surface area contributed by atoms with E-state index < -0.39 is 27.9 Å². The quantitative estimate of drug-likeness (QED) is 0.535. The Hall–Kier alpha value is -3.29. The molecule has 1 aliphatic rings. The van der Waals surface area contributed by atoms with Crippen LogP contribution in [0.25, 0.3) is 0 Å². The van der Waals surface area contributed by atoms with Gasteiger partial charge in [0.25, 0.3) is 5.91 Å². The van der Waals surface area contributed by atoms with Gasteiger partial charge in [-0.25, -0.2) is 13.3 Å². The van der Waals surface area contributed by atoms with Crippen LogP contribution in [-0.2, 0) is 26.0 Å². The van der Waals surface area contributed by atoms with E-state index in [2.05, 4.69) is 0 Å². The summed E-state index contributed by atoms with van der Waals surface area (Å²) in [5.74, 6) is -0.932. The van der Waals surface area contributed by atoms with Gasteiger partial charge in [-0.15, -0.1) is 0 Å². The summed E-state index contributed by atoms with van der Waals surface area (Å²) in [4.78, 5) is 27.2. The van der Waals surface area contributed by atoms with Crippen molar-refractivity contribution >= 4 is 27.5 Å². The second-order valence-corrected chi connectivity index (χ2v) is 9.18. The molecule has 0 radical (unpaired) electrons. The first-order valence-corrected chi connectivity index (χ1v) is 11.4. The highest BCUT2D eigenvalue weighted by molar-refractivity contribution is 7.89. The fourth-order valence-corrected chi connectivity index (χ4v) is 5.35. The Morgan fingerprint density at radius 3 is 1.97 bits per heavy atom. The molecule has 0 bridgehead atoms. The Balaban J connectivity index is 1.69. The number of hydrogen-bond donors (Lipinski definition) is 0. The summed E-state index contributed by atoms with van der Waals surface area (Å²) in [5.41, 5.74) is 1.40. The number of para-hydroxylation sites is 1. The number of anilines is 1. The van der Waals surface area contributed by atoms with Crippen LogP contribution < -0.4 is 4.90 Å². The molecule has 31 heavy (non-hydrogen) atoms. The highest BCUT2D eigenvalue weighted by Crippen LogP contribution is 2.29. The van der Waals surface area contributed by atoms with Crippen LogP contribution in [-0.4, -0.2) is 37.1 Å². The third-order valence-corrected chi connectivity index (χ3v) is 7.22. The molecule has 1 heterocycles. The lowest BCUT2D eigenvalue weighted by atomic mass is 10.1. The highest BCUT2D eigenvalue weighted by atomic mass is 32.2.